The third kappa shape index (κ3) is 4.93. The molecule has 0 fully saturated rings. The van der Waals surface area contributed by atoms with Crippen LogP contribution in [0.15, 0.2) is 69.6 Å². The molecule has 1 aliphatic rings. The Balaban J connectivity index is 1.91. The average molecular weight is 493 g/mol. The van der Waals surface area contributed by atoms with Crippen LogP contribution < -0.4 is 24.4 Å². The Morgan fingerprint density at radius 3 is 2.43 bits per heavy atom. The fourth-order valence-electron chi connectivity index (χ4n) is 4.06. The predicted octanol–water partition coefficient (Wildman–Crippen LogP) is 3.60. The van der Waals surface area contributed by atoms with Crippen LogP contribution in [0.25, 0.3) is 6.08 Å². The van der Waals surface area contributed by atoms with Gasteiger partial charge in [-0.3, -0.25) is 9.36 Å². The number of carbonyl (C=O) groups excluding carboxylic acids is 1. The first-order valence-electron chi connectivity index (χ1n) is 11.6. The van der Waals surface area contributed by atoms with Gasteiger partial charge in [0.1, 0.15) is 17.5 Å². The minimum Gasteiger partial charge on any atom is -0.494 e. The molecule has 2 heterocycles. The van der Waals surface area contributed by atoms with E-state index in [4.69, 9.17) is 14.2 Å². The fourth-order valence-corrected chi connectivity index (χ4v) is 5.10. The highest BCUT2D eigenvalue weighted by Crippen LogP contribution is 2.35. The van der Waals surface area contributed by atoms with Crippen LogP contribution in [0.5, 0.6) is 11.5 Å². The minimum atomic E-state index is -0.712. The summed E-state index contributed by atoms with van der Waals surface area (Å²) < 4.78 is 18.8. The summed E-state index contributed by atoms with van der Waals surface area (Å²) in [6, 6.07) is 14.3. The quantitative estimate of drug-likeness (QED) is 0.449. The Morgan fingerprint density at radius 2 is 1.74 bits per heavy atom. The number of rotatable bonds is 8. The van der Waals surface area contributed by atoms with Crippen LogP contribution in [0.1, 0.15) is 44.9 Å². The number of thiazole rings is 1. The van der Waals surface area contributed by atoms with E-state index >= 15 is 0 Å². The zero-order valence-electron chi connectivity index (χ0n) is 20.2. The number of ether oxygens (including phenoxy) is 3. The molecule has 3 aromatic rings. The van der Waals surface area contributed by atoms with E-state index in [2.05, 4.69) is 4.99 Å². The van der Waals surface area contributed by atoms with Gasteiger partial charge >= 0.3 is 5.97 Å². The fraction of sp³-hybridized carbons (Fsp3) is 0.296. The first-order valence-corrected chi connectivity index (χ1v) is 12.4. The number of para-hydroxylation sites is 1. The van der Waals surface area contributed by atoms with E-state index in [1.54, 1.807) is 18.4 Å². The van der Waals surface area contributed by atoms with Gasteiger partial charge < -0.3 is 14.2 Å². The first-order chi connectivity index (χ1) is 17.0. The summed E-state index contributed by atoms with van der Waals surface area (Å²) >= 11 is 1.29. The maximum atomic E-state index is 13.7. The van der Waals surface area contributed by atoms with E-state index in [-0.39, 0.29) is 12.2 Å². The summed E-state index contributed by atoms with van der Waals surface area (Å²) in [4.78, 5) is 31.9. The number of benzene rings is 2. The smallest absolute Gasteiger partial charge is 0.338 e. The van der Waals surface area contributed by atoms with Gasteiger partial charge in [-0.25, -0.2) is 9.79 Å². The second-order valence-electron chi connectivity index (χ2n) is 7.78. The second kappa shape index (κ2) is 10.7. The normalized spacial score (nSPS) is 15.4. The van der Waals surface area contributed by atoms with Crippen LogP contribution in [-0.4, -0.2) is 30.4 Å². The number of esters is 1. The van der Waals surface area contributed by atoms with Crippen molar-refractivity contribution < 1.29 is 19.0 Å². The molecule has 0 radical (unpaired) electrons. The first kappa shape index (κ1) is 24.5. The number of carbonyl (C=O) groups is 1. The van der Waals surface area contributed by atoms with E-state index in [9.17, 15) is 9.59 Å². The van der Waals surface area contributed by atoms with Gasteiger partial charge in [-0.15, -0.1) is 0 Å². The molecule has 1 aliphatic heterocycles. The lowest BCUT2D eigenvalue weighted by Gasteiger charge is -2.26. The van der Waals surface area contributed by atoms with Crippen LogP contribution >= 0.6 is 11.3 Å². The van der Waals surface area contributed by atoms with Gasteiger partial charge in [0.2, 0.25) is 0 Å². The Labute approximate surface area is 207 Å². The van der Waals surface area contributed by atoms with Crippen molar-refractivity contribution in [2.24, 2.45) is 4.99 Å². The van der Waals surface area contributed by atoms with Crippen LogP contribution in [0.2, 0.25) is 0 Å². The molecule has 1 aromatic heterocycles. The molecule has 1 atom stereocenters. The number of fused-ring (bicyclic) bond motifs is 1. The molecule has 0 bridgehead atoms. The Bertz CT molecular complexity index is 1430. The van der Waals surface area contributed by atoms with Crippen LogP contribution in [0.3, 0.4) is 0 Å². The maximum absolute atomic E-state index is 13.7. The zero-order chi connectivity index (χ0) is 24.9. The van der Waals surface area contributed by atoms with E-state index in [0.717, 1.165) is 11.3 Å². The van der Waals surface area contributed by atoms with Gasteiger partial charge in [-0.05, 0) is 57.5 Å². The largest absolute Gasteiger partial charge is 0.494 e. The lowest BCUT2D eigenvalue weighted by molar-refractivity contribution is -0.139. The topological polar surface area (TPSA) is 79.1 Å². The summed E-state index contributed by atoms with van der Waals surface area (Å²) in [5.41, 5.74) is 2.20. The van der Waals surface area contributed by atoms with Crippen molar-refractivity contribution in [3.05, 3.63) is 90.6 Å². The lowest BCUT2D eigenvalue weighted by Crippen LogP contribution is -2.40. The summed E-state index contributed by atoms with van der Waals surface area (Å²) in [6.45, 7) is 8.61. The molecular weight excluding hydrogens is 464 g/mol. The Hall–Kier alpha value is -3.65. The van der Waals surface area contributed by atoms with Gasteiger partial charge in [-0.2, -0.15) is 0 Å². The van der Waals surface area contributed by atoms with Crippen LogP contribution in [0.4, 0.5) is 0 Å². The Kier molecular flexibility index (Phi) is 7.51. The Morgan fingerprint density at radius 1 is 1.03 bits per heavy atom. The molecule has 8 heteroatoms. The highest BCUT2D eigenvalue weighted by molar-refractivity contribution is 7.07. The summed E-state index contributed by atoms with van der Waals surface area (Å²) in [6.07, 6.45) is 1.83. The zero-order valence-corrected chi connectivity index (χ0v) is 21.1. The standard InChI is InChI=1S/C27H28N2O5S/c1-5-32-19-14-12-18(13-15-19)16-22-25(30)29-24(20-10-8-9-11-21(20)33-6-2)23(26(31)34-7-3)17(4)28-27(29)35-22/h8-16,24H,5-7H2,1-4H3/b22-16-/t24-/m0/s1. The van der Waals surface area contributed by atoms with E-state index in [1.807, 2.05) is 68.5 Å². The molecule has 0 unspecified atom stereocenters. The van der Waals surface area contributed by atoms with Crippen molar-refractivity contribution in [1.29, 1.82) is 0 Å². The van der Waals surface area contributed by atoms with Crippen molar-refractivity contribution in [2.75, 3.05) is 19.8 Å². The highest BCUT2D eigenvalue weighted by Gasteiger charge is 2.35. The molecule has 0 aliphatic carbocycles. The molecule has 7 nitrogen and oxygen atoms in total. The molecule has 182 valence electrons. The lowest BCUT2D eigenvalue weighted by atomic mass is 9.95. The van der Waals surface area contributed by atoms with E-state index in [1.165, 1.54) is 11.3 Å². The van der Waals surface area contributed by atoms with Gasteiger partial charge in [0.05, 0.1) is 35.6 Å². The summed E-state index contributed by atoms with van der Waals surface area (Å²) in [5.74, 6) is 0.886. The SMILES string of the molecule is CCOC(=O)C1=C(C)N=c2s/c(=C\c3ccc(OCC)cc3)c(=O)n2[C@H]1c1ccccc1OCC. The third-order valence-electron chi connectivity index (χ3n) is 5.52. The van der Waals surface area contributed by atoms with Crippen molar-refractivity contribution in [3.8, 4) is 11.5 Å². The predicted molar refractivity (Wildman–Crippen MR) is 136 cm³/mol. The molecular formula is C27H28N2O5S. The maximum Gasteiger partial charge on any atom is 0.338 e. The molecule has 0 saturated carbocycles. The van der Waals surface area contributed by atoms with E-state index < -0.39 is 12.0 Å². The van der Waals surface area contributed by atoms with Crippen molar-refractivity contribution in [2.45, 2.75) is 33.7 Å². The highest BCUT2D eigenvalue weighted by atomic mass is 32.1. The number of nitrogens with zero attached hydrogens (tertiary/aromatic N) is 2. The molecule has 0 N–H and O–H groups in total. The van der Waals surface area contributed by atoms with Crippen LogP contribution in [-0.2, 0) is 9.53 Å². The number of aromatic nitrogens is 1. The third-order valence-corrected chi connectivity index (χ3v) is 6.50. The number of allylic oxidation sites excluding steroid dienone is 1. The minimum absolute atomic E-state index is 0.220. The summed E-state index contributed by atoms with van der Waals surface area (Å²) in [5, 5.41) is 0. The van der Waals surface area contributed by atoms with Gasteiger partial charge in [0.25, 0.3) is 5.56 Å². The van der Waals surface area contributed by atoms with Crippen molar-refractivity contribution >= 4 is 23.4 Å². The summed E-state index contributed by atoms with van der Waals surface area (Å²) in [7, 11) is 0. The molecule has 0 amide bonds. The van der Waals surface area contributed by atoms with Crippen molar-refractivity contribution in [1.82, 2.24) is 4.57 Å². The molecule has 35 heavy (non-hydrogen) atoms. The molecule has 4 rings (SSSR count). The molecule has 2 aromatic carbocycles. The van der Waals surface area contributed by atoms with Crippen molar-refractivity contribution in [3.63, 3.8) is 0 Å². The second-order valence-corrected chi connectivity index (χ2v) is 8.78. The number of hydrogen-bond donors (Lipinski definition) is 0. The van der Waals surface area contributed by atoms with E-state index in [0.29, 0.717) is 45.1 Å². The molecule has 0 saturated heterocycles. The van der Waals surface area contributed by atoms with Gasteiger partial charge in [0.15, 0.2) is 4.80 Å². The van der Waals surface area contributed by atoms with Gasteiger partial charge in [-0.1, -0.05) is 41.7 Å². The number of hydrogen-bond acceptors (Lipinski definition) is 7. The monoisotopic (exact) mass is 492 g/mol. The molecule has 0 spiro atoms. The van der Waals surface area contributed by atoms with Gasteiger partial charge in [0, 0.05) is 5.56 Å². The van der Waals surface area contributed by atoms with Crippen LogP contribution in [0, 0.1) is 0 Å². The average Bonchev–Trinajstić information content (AvgIpc) is 3.14.